The number of allylic oxidation sites excluding steroid dienone is 1. The molecule has 0 unspecified atom stereocenters. The normalized spacial score (nSPS) is 11.5. The third kappa shape index (κ3) is 3.20. The second kappa shape index (κ2) is 5.29. The van der Waals surface area contributed by atoms with Crippen molar-refractivity contribution in [2.45, 2.75) is 26.7 Å². The number of hydrogen-bond acceptors (Lipinski definition) is 2. The van der Waals surface area contributed by atoms with Gasteiger partial charge in [-0.05, 0) is 17.5 Å². The van der Waals surface area contributed by atoms with E-state index in [1.807, 2.05) is 24.3 Å². The van der Waals surface area contributed by atoms with Crippen LogP contribution in [0.4, 0.5) is 0 Å². The molecule has 0 saturated heterocycles. The van der Waals surface area contributed by atoms with Crippen LogP contribution in [0.25, 0.3) is 6.08 Å². The first-order valence-corrected chi connectivity index (χ1v) is 5.11. The van der Waals surface area contributed by atoms with Crippen molar-refractivity contribution in [2.24, 2.45) is 0 Å². The first kappa shape index (κ1) is 11.4. The Morgan fingerprint density at radius 3 is 2.33 bits per heavy atom. The maximum Gasteiger partial charge on any atom is 0.246 e. The van der Waals surface area contributed by atoms with Gasteiger partial charge in [-0.3, -0.25) is 10.1 Å². The second-order valence-electron chi connectivity index (χ2n) is 3.34. The highest BCUT2D eigenvalue weighted by atomic mass is 16.6. The number of aryl methyl sites for hydroxylation is 1. The second-order valence-corrected chi connectivity index (χ2v) is 3.34. The number of hydrogen-bond donors (Lipinski definition) is 0. The van der Waals surface area contributed by atoms with Gasteiger partial charge in [0.25, 0.3) is 0 Å². The molecule has 0 heterocycles. The number of benzene rings is 1. The van der Waals surface area contributed by atoms with Gasteiger partial charge in [-0.2, -0.15) is 0 Å². The van der Waals surface area contributed by atoms with Gasteiger partial charge in [0.1, 0.15) is 0 Å². The van der Waals surface area contributed by atoms with Crippen molar-refractivity contribution < 1.29 is 4.92 Å². The lowest BCUT2D eigenvalue weighted by atomic mass is 10.1. The van der Waals surface area contributed by atoms with Gasteiger partial charge in [0.15, 0.2) is 0 Å². The van der Waals surface area contributed by atoms with E-state index in [9.17, 15) is 10.1 Å². The predicted molar refractivity (Wildman–Crippen MR) is 61.1 cm³/mol. The van der Waals surface area contributed by atoms with E-state index in [1.54, 1.807) is 13.0 Å². The lowest BCUT2D eigenvalue weighted by Gasteiger charge is -1.98. The molecule has 0 radical (unpaired) electrons. The van der Waals surface area contributed by atoms with E-state index in [0.29, 0.717) is 6.42 Å². The summed E-state index contributed by atoms with van der Waals surface area (Å²) in [6.45, 7) is 3.87. The third-order valence-electron chi connectivity index (χ3n) is 2.32. The highest BCUT2D eigenvalue weighted by Crippen LogP contribution is 2.11. The van der Waals surface area contributed by atoms with E-state index in [0.717, 1.165) is 12.0 Å². The van der Waals surface area contributed by atoms with Gasteiger partial charge in [-0.1, -0.05) is 38.1 Å². The summed E-state index contributed by atoms with van der Waals surface area (Å²) >= 11 is 0. The van der Waals surface area contributed by atoms with E-state index in [-0.39, 0.29) is 10.6 Å². The van der Waals surface area contributed by atoms with Crippen molar-refractivity contribution in [2.75, 3.05) is 0 Å². The molecule has 0 N–H and O–H groups in total. The van der Waals surface area contributed by atoms with Crippen LogP contribution in [0.1, 0.15) is 31.4 Å². The standard InChI is InChI=1S/C12H15NO2/c1-3-10-5-7-11(8-6-10)9-12(4-2)13(14)15/h5-9H,3-4H2,1-2H3/b12-9-. The Morgan fingerprint density at radius 1 is 1.33 bits per heavy atom. The van der Waals surface area contributed by atoms with Crippen molar-refractivity contribution in [1.82, 2.24) is 0 Å². The number of rotatable bonds is 4. The van der Waals surface area contributed by atoms with Gasteiger partial charge in [0, 0.05) is 12.5 Å². The van der Waals surface area contributed by atoms with Crippen molar-refractivity contribution in [3.8, 4) is 0 Å². The van der Waals surface area contributed by atoms with Crippen LogP contribution in [0.2, 0.25) is 0 Å². The molecule has 0 atom stereocenters. The molecule has 1 aromatic carbocycles. The summed E-state index contributed by atoms with van der Waals surface area (Å²) in [4.78, 5) is 10.3. The van der Waals surface area contributed by atoms with Gasteiger partial charge >= 0.3 is 0 Å². The minimum absolute atomic E-state index is 0.249. The Balaban J connectivity index is 2.92. The molecule has 0 fully saturated rings. The molecule has 3 nitrogen and oxygen atoms in total. The zero-order valence-electron chi connectivity index (χ0n) is 9.06. The molecule has 0 aliphatic rings. The first-order chi connectivity index (χ1) is 7.17. The van der Waals surface area contributed by atoms with E-state index in [1.165, 1.54) is 5.56 Å². The fraction of sp³-hybridized carbons (Fsp3) is 0.333. The summed E-state index contributed by atoms with van der Waals surface area (Å²) in [6.07, 6.45) is 3.06. The molecule has 0 amide bonds. The quantitative estimate of drug-likeness (QED) is 0.559. The molecular formula is C12H15NO2. The van der Waals surface area contributed by atoms with Crippen LogP contribution in [-0.2, 0) is 6.42 Å². The molecular weight excluding hydrogens is 190 g/mol. The van der Waals surface area contributed by atoms with Crippen molar-refractivity contribution in [3.63, 3.8) is 0 Å². The molecule has 80 valence electrons. The van der Waals surface area contributed by atoms with Crippen LogP contribution in [0.3, 0.4) is 0 Å². The van der Waals surface area contributed by atoms with E-state index >= 15 is 0 Å². The predicted octanol–water partition coefficient (Wildman–Crippen LogP) is 3.28. The minimum atomic E-state index is -0.326. The zero-order chi connectivity index (χ0) is 11.3. The van der Waals surface area contributed by atoms with Crippen LogP contribution in [0.15, 0.2) is 30.0 Å². The molecule has 0 bridgehead atoms. The average molecular weight is 205 g/mol. The Hall–Kier alpha value is -1.64. The lowest BCUT2D eigenvalue weighted by Crippen LogP contribution is -1.96. The van der Waals surface area contributed by atoms with Crippen LogP contribution in [0, 0.1) is 10.1 Å². The third-order valence-corrected chi connectivity index (χ3v) is 2.32. The lowest BCUT2D eigenvalue weighted by molar-refractivity contribution is -0.425. The largest absolute Gasteiger partial charge is 0.259 e. The topological polar surface area (TPSA) is 43.1 Å². The molecule has 3 heteroatoms. The van der Waals surface area contributed by atoms with Crippen molar-refractivity contribution >= 4 is 6.08 Å². The van der Waals surface area contributed by atoms with Crippen LogP contribution in [-0.4, -0.2) is 4.92 Å². The molecule has 1 aromatic rings. The number of nitro groups is 1. The molecule has 0 saturated carbocycles. The van der Waals surface area contributed by atoms with E-state index in [4.69, 9.17) is 0 Å². The van der Waals surface area contributed by atoms with Gasteiger partial charge in [-0.15, -0.1) is 0 Å². The fourth-order valence-electron chi connectivity index (χ4n) is 1.33. The Kier molecular flexibility index (Phi) is 4.03. The maximum atomic E-state index is 10.6. The van der Waals surface area contributed by atoms with Crippen LogP contribution in [0.5, 0.6) is 0 Å². The molecule has 0 aliphatic heterocycles. The first-order valence-electron chi connectivity index (χ1n) is 5.11. The summed E-state index contributed by atoms with van der Waals surface area (Å²) in [6, 6.07) is 7.83. The summed E-state index contributed by atoms with van der Waals surface area (Å²) in [5, 5.41) is 10.6. The van der Waals surface area contributed by atoms with Crippen molar-refractivity contribution in [3.05, 3.63) is 51.2 Å². The monoisotopic (exact) mass is 205 g/mol. The smallest absolute Gasteiger partial charge is 0.246 e. The summed E-state index contributed by atoms with van der Waals surface area (Å²) in [5.41, 5.74) is 2.38. The Labute approximate surface area is 89.6 Å². The van der Waals surface area contributed by atoms with Crippen LogP contribution < -0.4 is 0 Å². The summed E-state index contributed by atoms with van der Waals surface area (Å²) < 4.78 is 0. The molecule has 15 heavy (non-hydrogen) atoms. The SMILES string of the molecule is CC/C(=C/c1ccc(CC)cc1)[N+](=O)[O-]. The number of nitrogens with zero attached hydrogens (tertiary/aromatic N) is 1. The minimum Gasteiger partial charge on any atom is -0.259 e. The van der Waals surface area contributed by atoms with Gasteiger partial charge in [0.2, 0.25) is 5.70 Å². The highest BCUT2D eigenvalue weighted by molar-refractivity contribution is 5.51. The molecule has 0 aliphatic carbocycles. The molecule has 0 aromatic heterocycles. The van der Waals surface area contributed by atoms with E-state index < -0.39 is 0 Å². The van der Waals surface area contributed by atoms with E-state index in [2.05, 4.69) is 6.92 Å². The summed E-state index contributed by atoms with van der Waals surface area (Å²) in [7, 11) is 0. The highest BCUT2D eigenvalue weighted by Gasteiger charge is 2.06. The maximum absolute atomic E-state index is 10.6. The van der Waals surface area contributed by atoms with Crippen molar-refractivity contribution in [1.29, 1.82) is 0 Å². The van der Waals surface area contributed by atoms with Gasteiger partial charge in [-0.25, -0.2) is 0 Å². The average Bonchev–Trinajstić information content (AvgIpc) is 2.26. The fourth-order valence-corrected chi connectivity index (χ4v) is 1.33. The molecule has 1 rings (SSSR count). The Morgan fingerprint density at radius 2 is 1.93 bits per heavy atom. The van der Waals surface area contributed by atoms with Gasteiger partial charge in [0.05, 0.1) is 4.92 Å². The zero-order valence-corrected chi connectivity index (χ0v) is 9.06. The molecule has 0 spiro atoms. The van der Waals surface area contributed by atoms with Crippen LogP contribution >= 0.6 is 0 Å². The van der Waals surface area contributed by atoms with Gasteiger partial charge < -0.3 is 0 Å². The summed E-state index contributed by atoms with van der Waals surface area (Å²) in [5.74, 6) is 0. The Bertz CT molecular complexity index is 366.